The van der Waals surface area contributed by atoms with Crippen LogP contribution in [0.25, 0.3) is 0 Å². The zero-order valence-electron chi connectivity index (χ0n) is 11.1. The first-order chi connectivity index (χ1) is 7.98. The van der Waals surface area contributed by atoms with Crippen molar-refractivity contribution >= 4 is 11.5 Å². The Bertz CT molecular complexity index is 361. The van der Waals surface area contributed by atoms with E-state index in [-0.39, 0.29) is 11.5 Å². The van der Waals surface area contributed by atoms with Gasteiger partial charge in [-0.3, -0.25) is 0 Å². The van der Waals surface area contributed by atoms with Gasteiger partial charge in [-0.1, -0.05) is 50.9 Å². The first-order valence-electron chi connectivity index (χ1n) is 6.57. The Morgan fingerprint density at radius 3 is 2.59 bits per heavy atom. The summed E-state index contributed by atoms with van der Waals surface area (Å²) in [6, 6.07) is 0.132. The molecular formula is C13H23N3S. The van der Waals surface area contributed by atoms with Crippen molar-refractivity contribution in [3.05, 3.63) is 10.6 Å². The Labute approximate surface area is 108 Å². The summed E-state index contributed by atoms with van der Waals surface area (Å²) in [4.78, 5) is 1.20. The Morgan fingerprint density at radius 2 is 2.00 bits per heavy atom. The largest absolute Gasteiger partial charge is 0.323 e. The van der Waals surface area contributed by atoms with E-state index in [4.69, 9.17) is 5.73 Å². The number of nitrogens with zero attached hydrogens (tertiary/aromatic N) is 2. The summed E-state index contributed by atoms with van der Waals surface area (Å²) in [6.07, 6.45) is 6.57. The molecule has 0 aliphatic heterocycles. The minimum atomic E-state index is 0.0512. The fourth-order valence-corrected chi connectivity index (χ4v) is 3.55. The van der Waals surface area contributed by atoms with Gasteiger partial charge in [-0.15, -0.1) is 5.10 Å². The highest BCUT2D eigenvalue weighted by molar-refractivity contribution is 7.05. The van der Waals surface area contributed by atoms with Gasteiger partial charge in [0.2, 0.25) is 0 Å². The molecule has 0 spiro atoms. The molecule has 1 aliphatic rings. The fourth-order valence-electron chi connectivity index (χ4n) is 2.67. The van der Waals surface area contributed by atoms with Gasteiger partial charge in [0.05, 0.1) is 10.6 Å². The van der Waals surface area contributed by atoms with Crippen LogP contribution >= 0.6 is 11.5 Å². The first-order valence-corrected chi connectivity index (χ1v) is 7.34. The van der Waals surface area contributed by atoms with Gasteiger partial charge in [0, 0.05) is 11.5 Å². The molecule has 1 unspecified atom stereocenters. The predicted molar refractivity (Wildman–Crippen MR) is 72.1 cm³/mol. The summed E-state index contributed by atoms with van der Waals surface area (Å²) in [6.45, 7) is 6.53. The summed E-state index contributed by atoms with van der Waals surface area (Å²) in [5.74, 6) is 0.819. The highest BCUT2D eigenvalue weighted by Crippen LogP contribution is 2.36. The number of rotatable bonds is 3. The van der Waals surface area contributed by atoms with E-state index in [9.17, 15) is 0 Å². The van der Waals surface area contributed by atoms with Crippen LogP contribution in [-0.2, 0) is 5.41 Å². The molecule has 1 aliphatic carbocycles. The SMILES string of the molecule is CC(C)(C)c1nnsc1C(N)CC1CCCC1. The van der Waals surface area contributed by atoms with Gasteiger partial charge in [-0.05, 0) is 23.9 Å². The van der Waals surface area contributed by atoms with Gasteiger partial charge in [0.1, 0.15) is 0 Å². The first kappa shape index (κ1) is 13.0. The van der Waals surface area contributed by atoms with E-state index in [0.29, 0.717) is 0 Å². The maximum atomic E-state index is 6.35. The summed E-state index contributed by atoms with van der Waals surface area (Å²) >= 11 is 1.48. The van der Waals surface area contributed by atoms with Gasteiger partial charge in [0.15, 0.2) is 0 Å². The molecule has 96 valence electrons. The summed E-state index contributed by atoms with van der Waals surface area (Å²) in [5.41, 5.74) is 7.49. The average Bonchev–Trinajstić information content (AvgIpc) is 2.85. The number of nitrogens with two attached hydrogens (primary N) is 1. The van der Waals surface area contributed by atoms with Crippen LogP contribution in [0.2, 0.25) is 0 Å². The van der Waals surface area contributed by atoms with E-state index < -0.39 is 0 Å². The molecule has 0 bridgehead atoms. The van der Waals surface area contributed by atoms with Crippen LogP contribution in [0.15, 0.2) is 0 Å². The van der Waals surface area contributed by atoms with Crippen molar-refractivity contribution in [2.45, 2.75) is 64.3 Å². The van der Waals surface area contributed by atoms with E-state index in [1.165, 1.54) is 42.1 Å². The predicted octanol–water partition coefficient (Wildman–Crippen LogP) is 3.42. The molecule has 1 heterocycles. The van der Waals surface area contributed by atoms with Crippen molar-refractivity contribution in [3.8, 4) is 0 Å². The number of hydrogen-bond acceptors (Lipinski definition) is 4. The molecule has 1 fully saturated rings. The average molecular weight is 253 g/mol. The second-order valence-electron chi connectivity index (χ2n) is 6.23. The molecule has 2 rings (SSSR count). The van der Waals surface area contributed by atoms with Crippen molar-refractivity contribution in [2.24, 2.45) is 11.7 Å². The third kappa shape index (κ3) is 3.05. The Morgan fingerprint density at radius 1 is 1.35 bits per heavy atom. The molecule has 0 radical (unpaired) electrons. The van der Waals surface area contributed by atoms with E-state index in [1.807, 2.05) is 0 Å². The molecule has 1 atom stereocenters. The smallest absolute Gasteiger partial charge is 0.0856 e. The molecule has 0 saturated heterocycles. The third-order valence-corrected chi connectivity index (χ3v) is 4.48. The summed E-state index contributed by atoms with van der Waals surface area (Å²) in [5, 5.41) is 4.27. The molecule has 1 aromatic heterocycles. The van der Waals surface area contributed by atoms with Crippen LogP contribution in [0.3, 0.4) is 0 Å². The highest BCUT2D eigenvalue weighted by atomic mass is 32.1. The van der Waals surface area contributed by atoms with Crippen molar-refractivity contribution in [2.75, 3.05) is 0 Å². The van der Waals surface area contributed by atoms with Gasteiger partial charge in [-0.25, -0.2) is 0 Å². The van der Waals surface area contributed by atoms with Gasteiger partial charge < -0.3 is 5.73 Å². The summed E-state index contributed by atoms with van der Waals surface area (Å²) < 4.78 is 4.10. The quantitative estimate of drug-likeness (QED) is 0.898. The van der Waals surface area contributed by atoms with Gasteiger partial charge >= 0.3 is 0 Å². The Kier molecular flexibility index (Phi) is 3.83. The lowest BCUT2D eigenvalue weighted by atomic mass is 9.88. The second-order valence-corrected chi connectivity index (χ2v) is 7.01. The molecule has 17 heavy (non-hydrogen) atoms. The maximum Gasteiger partial charge on any atom is 0.0856 e. The van der Waals surface area contributed by atoms with E-state index in [1.54, 1.807) is 0 Å². The summed E-state index contributed by atoms with van der Waals surface area (Å²) in [7, 11) is 0. The number of aromatic nitrogens is 2. The lowest BCUT2D eigenvalue weighted by Crippen LogP contribution is -2.20. The zero-order chi connectivity index (χ0) is 12.5. The standard InChI is InChI=1S/C13H23N3S/c1-13(2,3)12-11(17-16-15-12)10(14)8-9-6-4-5-7-9/h9-10H,4-8,14H2,1-3H3. The molecule has 2 N–H and O–H groups in total. The normalized spacial score (nSPS) is 19.8. The van der Waals surface area contributed by atoms with Crippen molar-refractivity contribution in [1.29, 1.82) is 0 Å². The van der Waals surface area contributed by atoms with E-state index in [2.05, 4.69) is 30.4 Å². The zero-order valence-corrected chi connectivity index (χ0v) is 11.9. The van der Waals surface area contributed by atoms with Crippen LogP contribution in [-0.4, -0.2) is 9.59 Å². The Balaban J connectivity index is 2.08. The molecule has 0 aromatic carbocycles. The molecule has 1 aromatic rings. The highest BCUT2D eigenvalue weighted by Gasteiger charge is 2.27. The van der Waals surface area contributed by atoms with Crippen molar-refractivity contribution in [3.63, 3.8) is 0 Å². The molecule has 1 saturated carbocycles. The van der Waals surface area contributed by atoms with Crippen molar-refractivity contribution < 1.29 is 0 Å². The van der Waals surface area contributed by atoms with Gasteiger partial charge in [0.25, 0.3) is 0 Å². The molecule has 3 nitrogen and oxygen atoms in total. The van der Waals surface area contributed by atoms with Crippen LogP contribution in [0, 0.1) is 5.92 Å². The van der Waals surface area contributed by atoms with Crippen LogP contribution in [0.1, 0.15) is 69.5 Å². The third-order valence-electron chi connectivity index (χ3n) is 3.62. The van der Waals surface area contributed by atoms with E-state index in [0.717, 1.165) is 18.0 Å². The van der Waals surface area contributed by atoms with Crippen LogP contribution < -0.4 is 5.73 Å². The molecule has 4 heteroatoms. The molecular weight excluding hydrogens is 230 g/mol. The lowest BCUT2D eigenvalue weighted by Gasteiger charge is -2.21. The fraction of sp³-hybridized carbons (Fsp3) is 0.846. The van der Waals surface area contributed by atoms with Gasteiger partial charge in [-0.2, -0.15) is 0 Å². The minimum Gasteiger partial charge on any atom is -0.323 e. The molecule has 0 amide bonds. The van der Waals surface area contributed by atoms with Crippen molar-refractivity contribution in [1.82, 2.24) is 9.59 Å². The second kappa shape index (κ2) is 5.02. The topological polar surface area (TPSA) is 51.8 Å². The monoisotopic (exact) mass is 253 g/mol. The van der Waals surface area contributed by atoms with Crippen LogP contribution in [0.5, 0.6) is 0 Å². The lowest BCUT2D eigenvalue weighted by molar-refractivity contribution is 0.446. The Hall–Kier alpha value is -0.480. The van der Waals surface area contributed by atoms with Crippen LogP contribution in [0.4, 0.5) is 0 Å². The maximum absolute atomic E-state index is 6.35. The minimum absolute atomic E-state index is 0.0512. The van der Waals surface area contributed by atoms with E-state index >= 15 is 0 Å². The number of hydrogen-bond donors (Lipinski definition) is 1.